The van der Waals surface area contributed by atoms with E-state index in [0.717, 1.165) is 17.5 Å². The first-order chi connectivity index (χ1) is 18.4. The summed E-state index contributed by atoms with van der Waals surface area (Å²) in [5.74, 6) is -0.874. The topological polar surface area (TPSA) is 114 Å². The number of methoxy groups -OCH3 is 2. The first kappa shape index (κ1) is 26.7. The molecule has 0 aliphatic carbocycles. The van der Waals surface area contributed by atoms with Gasteiger partial charge in [0.05, 0.1) is 20.6 Å². The van der Waals surface area contributed by atoms with Gasteiger partial charge < -0.3 is 18.9 Å². The summed E-state index contributed by atoms with van der Waals surface area (Å²) in [4.78, 5) is 33.6. The summed E-state index contributed by atoms with van der Waals surface area (Å²) in [6.07, 6.45) is 3.79. The fourth-order valence-corrected chi connectivity index (χ4v) is 5.00. The monoisotopic (exact) mass is 534 g/mol. The quantitative estimate of drug-likeness (QED) is 0.175. The number of carbonyl (C=O) groups is 2. The number of benzene rings is 3. The minimum atomic E-state index is -1.73. The van der Waals surface area contributed by atoms with Crippen LogP contribution in [0.5, 0.6) is 23.0 Å². The Hall–Kier alpha value is -4.31. The van der Waals surface area contributed by atoms with Crippen LogP contribution in [0, 0.1) is 0 Å². The largest absolute Gasteiger partial charge is 0.490 e. The van der Waals surface area contributed by atoms with Gasteiger partial charge >= 0.3 is 11.9 Å². The molecule has 9 nitrogen and oxygen atoms in total. The molecule has 0 saturated heterocycles. The third-order valence-electron chi connectivity index (χ3n) is 5.72. The number of nitrogens with zero attached hydrogens (tertiary/aromatic N) is 2. The number of carbonyl (C=O) groups excluding carboxylic acids is 2. The lowest BCUT2D eigenvalue weighted by Crippen LogP contribution is -2.14. The predicted octanol–water partition coefficient (Wildman–Crippen LogP) is 4.45. The lowest BCUT2D eigenvalue weighted by atomic mass is 10.0. The van der Waals surface area contributed by atoms with Crippen molar-refractivity contribution < 1.29 is 32.7 Å². The molecule has 0 aliphatic heterocycles. The molecule has 1 aromatic heterocycles. The van der Waals surface area contributed by atoms with Crippen LogP contribution in [-0.2, 0) is 33.2 Å². The van der Waals surface area contributed by atoms with Crippen LogP contribution in [0.3, 0.4) is 0 Å². The molecular formula is C28H26N2O7S. The van der Waals surface area contributed by atoms with E-state index in [0.29, 0.717) is 15.7 Å². The van der Waals surface area contributed by atoms with E-state index in [1.165, 1.54) is 33.5 Å². The maximum absolute atomic E-state index is 13.2. The Kier molecular flexibility index (Phi) is 8.32. The third kappa shape index (κ3) is 5.50. The van der Waals surface area contributed by atoms with Crippen molar-refractivity contribution in [2.75, 3.05) is 14.2 Å². The maximum Gasteiger partial charge on any atom is 0.315 e. The highest BCUT2D eigenvalue weighted by molar-refractivity contribution is 7.85. The summed E-state index contributed by atoms with van der Waals surface area (Å²) in [6.45, 7) is 3.26. The van der Waals surface area contributed by atoms with Crippen molar-refractivity contribution in [1.82, 2.24) is 9.97 Å². The predicted molar refractivity (Wildman–Crippen MR) is 140 cm³/mol. The average Bonchev–Trinajstić information content (AvgIpc) is 2.93. The van der Waals surface area contributed by atoms with Gasteiger partial charge in [-0.05, 0) is 41.8 Å². The highest BCUT2D eigenvalue weighted by Gasteiger charge is 2.27. The lowest BCUT2D eigenvalue weighted by molar-refractivity contribution is -0.134. The molecule has 0 bridgehead atoms. The zero-order valence-electron chi connectivity index (χ0n) is 21.3. The Balaban J connectivity index is 1.87. The minimum Gasteiger partial charge on any atom is -0.490 e. The van der Waals surface area contributed by atoms with Crippen LogP contribution in [0.2, 0.25) is 0 Å². The van der Waals surface area contributed by atoms with Crippen LogP contribution in [0.15, 0.2) is 71.0 Å². The molecule has 10 heteroatoms. The Bertz CT molecular complexity index is 1520. The maximum atomic E-state index is 13.2. The molecule has 0 amide bonds. The molecule has 0 saturated carbocycles. The number of aromatic nitrogens is 2. The average molecular weight is 535 g/mol. The number of rotatable bonds is 9. The van der Waals surface area contributed by atoms with Crippen molar-refractivity contribution in [2.45, 2.75) is 36.7 Å². The number of esters is 2. The highest BCUT2D eigenvalue weighted by Crippen LogP contribution is 2.51. The van der Waals surface area contributed by atoms with Gasteiger partial charge in [0.1, 0.15) is 10.8 Å². The summed E-state index contributed by atoms with van der Waals surface area (Å²) in [7, 11) is 1.03. The van der Waals surface area contributed by atoms with E-state index < -0.39 is 22.7 Å². The van der Waals surface area contributed by atoms with Crippen molar-refractivity contribution in [3.8, 4) is 23.0 Å². The molecule has 1 unspecified atom stereocenters. The third-order valence-corrected chi connectivity index (χ3v) is 6.95. The van der Waals surface area contributed by atoms with Crippen molar-refractivity contribution in [3.05, 3.63) is 72.1 Å². The Morgan fingerprint density at radius 2 is 1.45 bits per heavy atom. The van der Waals surface area contributed by atoms with Crippen molar-refractivity contribution in [2.24, 2.45) is 0 Å². The van der Waals surface area contributed by atoms with E-state index in [9.17, 15) is 13.8 Å². The summed E-state index contributed by atoms with van der Waals surface area (Å²) in [5, 5.41) is 0.838. The molecular weight excluding hydrogens is 508 g/mol. The van der Waals surface area contributed by atoms with E-state index in [2.05, 4.69) is 9.97 Å². The number of ether oxygens (including phenoxy) is 4. The Morgan fingerprint density at radius 3 is 2.05 bits per heavy atom. The number of hydrogen-bond donors (Lipinski definition) is 0. The fourth-order valence-electron chi connectivity index (χ4n) is 4.06. The van der Waals surface area contributed by atoms with Crippen molar-refractivity contribution in [3.63, 3.8) is 0 Å². The van der Waals surface area contributed by atoms with Gasteiger partial charge in [-0.15, -0.1) is 0 Å². The van der Waals surface area contributed by atoms with Gasteiger partial charge in [0.25, 0.3) is 0 Å². The molecule has 4 aromatic rings. The van der Waals surface area contributed by atoms with Crippen LogP contribution in [-0.4, -0.2) is 40.3 Å². The first-order valence-corrected chi connectivity index (χ1v) is 12.9. The van der Waals surface area contributed by atoms with Crippen LogP contribution in [0.25, 0.3) is 10.8 Å². The summed E-state index contributed by atoms with van der Waals surface area (Å²) in [5.41, 5.74) is 1.90. The Labute approximate surface area is 222 Å². The molecule has 38 heavy (non-hydrogen) atoms. The van der Waals surface area contributed by atoms with E-state index in [1.807, 2.05) is 31.2 Å². The van der Waals surface area contributed by atoms with Gasteiger partial charge in [0, 0.05) is 35.0 Å². The number of fused-ring (bicyclic) bond motifs is 1. The standard InChI is InChI=1S/C28H26N2O7S/c1-5-18-9-6-7-10-19(18)15-23(32)37-24-21-12-11-20(38(33)28-29-13-8-14-30-28)16-22(21)25(36-17(2)31)27(35-4)26(24)34-3/h6-14,16H,5,15H2,1-4H3. The molecule has 0 fully saturated rings. The highest BCUT2D eigenvalue weighted by atomic mass is 32.2. The normalized spacial score (nSPS) is 11.6. The summed E-state index contributed by atoms with van der Waals surface area (Å²) >= 11 is 0. The SMILES string of the molecule is CCc1ccccc1CC(=O)Oc1c(OC)c(OC)c(OC(C)=O)c2cc(S(=O)c3ncccn3)ccc12. The molecule has 3 aromatic carbocycles. The molecule has 196 valence electrons. The van der Waals surface area contributed by atoms with Gasteiger partial charge in [-0.3, -0.25) is 9.59 Å². The number of hydrogen-bond acceptors (Lipinski definition) is 9. The second-order valence-electron chi connectivity index (χ2n) is 8.10. The van der Waals surface area contributed by atoms with Crippen LogP contribution in [0.4, 0.5) is 0 Å². The van der Waals surface area contributed by atoms with Crippen molar-refractivity contribution >= 4 is 33.5 Å². The van der Waals surface area contributed by atoms with Gasteiger partial charge in [0.15, 0.2) is 11.5 Å². The first-order valence-electron chi connectivity index (χ1n) is 11.7. The summed E-state index contributed by atoms with van der Waals surface area (Å²) in [6, 6.07) is 14.0. The minimum absolute atomic E-state index is 0.0378. The zero-order chi connectivity index (χ0) is 27.2. The summed E-state index contributed by atoms with van der Waals surface area (Å²) < 4.78 is 35.6. The fraction of sp³-hybridized carbons (Fsp3) is 0.214. The van der Waals surface area contributed by atoms with Crippen LogP contribution < -0.4 is 18.9 Å². The van der Waals surface area contributed by atoms with E-state index in [4.69, 9.17) is 18.9 Å². The molecule has 1 heterocycles. The lowest BCUT2D eigenvalue weighted by Gasteiger charge is -2.19. The number of aryl methyl sites for hydroxylation is 1. The van der Waals surface area contributed by atoms with E-state index in [-0.39, 0.29) is 34.6 Å². The second-order valence-corrected chi connectivity index (χ2v) is 9.47. The van der Waals surface area contributed by atoms with Crippen molar-refractivity contribution in [1.29, 1.82) is 0 Å². The molecule has 0 aliphatic rings. The van der Waals surface area contributed by atoms with Crippen LogP contribution in [0.1, 0.15) is 25.0 Å². The van der Waals surface area contributed by atoms with E-state index in [1.54, 1.807) is 24.3 Å². The van der Waals surface area contributed by atoms with Crippen LogP contribution >= 0.6 is 0 Å². The molecule has 0 radical (unpaired) electrons. The second kappa shape index (κ2) is 11.8. The van der Waals surface area contributed by atoms with Gasteiger partial charge in [-0.1, -0.05) is 31.2 Å². The molecule has 4 rings (SSSR count). The molecule has 1 atom stereocenters. The smallest absolute Gasteiger partial charge is 0.315 e. The van der Waals surface area contributed by atoms with Gasteiger partial charge in [-0.25, -0.2) is 14.2 Å². The van der Waals surface area contributed by atoms with E-state index >= 15 is 0 Å². The van der Waals surface area contributed by atoms with Gasteiger partial charge in [0.2, 0.25) is 16.7 Å². The zero-order valence-corrected chi connectivity index (χ0v) is 22.2. The Morgan fingerprint density at radius 1 is 0.816 bits per heavy atom. The molecule has 0 spiro atoms. The van der Waals surface area contributed by atoms with Gasteiger partial charge in [-0.2, -0.15) is 0 Å². The molecule has 0 N–H and O–H groups in total.